The van der Waals surface area contributed by atoms with Gasteiger partial charge < -0.3 is 9.30 Å². The number of benzene rings is 1. The van der Waals surface area contributed by atoms with Gasteiger partial charge in [-0.25, -0.2) is 4.98 Å². The van der Waals surface area contributed by atoms with E-state index in [1.165, 1.54) is 11.1 Å². The molecular weight excluding hydrogens is 214 g/mol. The Bertz CT molecular complexity index is 492. The monoisotopic (exact) mass is 233 g/mol. The summed E-state index contributed by atoms with van der Waals surface area (Å²) in [6.07, 6.45) is 2.87. The van der Waals surface area contributed by atoms with E-state index in [0.29, 0.717) is 6.73 Å². The number of aromatic nitrogens is 2. The Balaban J connectivity index is 2.04. The van der Waals surface area contributed by atoms with E-state index in [2.05, 4.69) is 35.1 Å². The van der Waals surface area contributed by atoms with Crippen molar-refractivity contribution in [2.45, 2.75) is 6.42 Å². The van der Waals surface area contributed by atoms with Crippen LogP contribution in [-0.4, -0.2) is 41.9 Å². The summed E-state index contributed by atoms with van der Waals surface area (Å²) < 4.78 is 7.11. The van der Waals surface area contributed by atoms with Crippen LogP contribution in [0, 0.1) is 0 Å². The molecule has 0 bridgehead atoms. The molecule has 0 fully saturated rings. The van der Waals surface area contributed by atoms with Gasteiger partial charge >= 0.3 is 0 Å². The highest BCUT2D eigenvalue weighted by molar-refractivity contribution is 5.75. The molecule has 0 amide bonds. The van der Waals surface area contributed by atoms with Crippen molar-refractivity contribution in [3.63, 3.8) is 0 Å². The van der Waals surface area contributed by atoms with Gasteiger partial charge in [-0.05, 0) is 31.2 Å². The number of aryl methyl sites for hydroxylation is 1. The number of nitrogens with zero attached hydrogens (tertiary/aromatic N) is 3. The van der Waals surface area contributed by atoms with E-state index in [9.17, 15) is 0 Å². The SMILES string of the molecule is COCN(C)CCc1ccc2c(c1)ncn2C. The zero-order valence-electron chi connectivity index (χ0n) is 10.7. The van der Waals surface area contributed by atoms with Gasteiger partial charge in [0.2, 0.25) is 0 Å². The van der Waals surface area contributed by atoms with Crippen LogP contribution in [0.4, 0.5) is 0 Å². The Morgan fingerprint density at radius 2 is 2.24 bits per heavy atom. The second-order valence-electron chi connectivity index (χ2n) is 4.43. The first kappa shape index (κ1) is 12.1. The molecule has 0 unspecified atom stereocenters. The molecular formula is C13H19N3O. The summed E-state index contributed by atoms with van der Waals surface area (Å²) in [6, 6.07) is 6.47. The van der Waals surface area contributed by atoms with Crippen molar-refractivity contribution in [3.8, 4) is 0 Å². The minimum atomic E-state index is 0.672. The first-order valence-electron chi connectivity index (χ1n) is 5.78. The minimum absolute atomic E-state index is 0.672. The fraction of sp³-hybridized carbons (Fsp3) is 0.462. The van der Waals surface area contributed by atoms with Crippen molar-refractivity contribution < 1.29 is 4.74 Å². The molecule has 0 N–H and O–H groups in total. The summed E-state index contributed by atoms with van der Waals surface area (Å²) >= 11 is 0. The number of methoxy groups -OCH3 is 1. The largest absolute Gasteiger partial charge is 0.369 e. The van der Waals surface area contributed by atoms with Gasteiger partial charge in [-0.2, -0.15) is 0 Å². The summed E-state index contributed by atoms with van der Waals surface area (Å²) in [5.74, 6) is 0. The van der Waals surface area contributed by atoms with E-state index < -0.39 is 0 Å². The van der Waals surface area contributed by atoms with Crippen LogP contribution in [-0.2, 0) is 18.2 Å². The Labute approximate surface area is 102 Å². The molecule has 0 atom stereocenters. The van der Waals surface area contributed by atoms with Crippen molar-refractivity contribution in [1.29, 1.82) is 0 Å². The van der Waals surface area contributed by atoms with E-state index in [-0.39, 0.29) is 0 Å². The van der Waals surface area contributed by atoms with E-state index >= 15 is 0 Å². The lowest BCUT2D eigenvalue weighted by Gasteiger charge is -2.14. The Morgan fingerprint density at radius 1 is 1.41 bits per heavy atom. The molecule has 92 valence electrons. The standard InChI is InChI=1S/C13H19N3O/c1-15(10-17-3)7-6-11-4-5-13-12(8-11)14-9-16(13)2/h4-5,8-9H,6-7,10H2,1-3H3. The van der Waals surface area contributed by atoms with Crippen LogP contribution in [0.15, 0.2) is 24.5 Å². The third-order valence-electron chi connectivity index (χ3n) is 2.92. The van der Waals surface area contributed by atoms with E-state index in [1.807, 2.05) is 17.9 Å². The number of hydrogen-bond acceptors (Lipinski definition) is 3. The molecule has 4 heteroatoms. The van der Waals surface area contributed by atoms with E-state index in [0.717, 1.165) is 18.5 Å². The van der Waals surface area contributed by atoms with E-state index in [1.54, 1.807) is 7.11 Å². The van der Waals surface area contributed by atoms with Crippen molar-refractivity contribution in [2.24, 2.45) is 7.05 Å². The van der Waals surface area contributed by atoms with Gasteiger partial charge in [-0.15, -0.1) is 0 Å². The van der Waals surface area contributed by atoms with Gasteiger partial charge in [-0.3, -0.25) is 4.90 Å². The van der Waals surface area contributed by atoms with Crippen LogP contribution >= 0.6 is 0 Å². The smallest absolute Gasteiger partial charge is 0.0984 e. The normalized spacial score (nSPS) is 11.5. The molecule has 0 aliphatic rings. The molecule has 0 saturated heterocycles. The minimum Gasteiger partial charge on any atom is -0.369 e. The maximum atomic E-state index is 5.08. The summed E-state index contributed by atoms with van der Waals surface area (Å²) in [7, 11) is 5.79. The molecule has 17 heavy (non-hydrogen) atoms. The number of likely N-dealkylation sites (N-methyl/N-ethyl adjacent to an activating group) is 1. The third-order valence-corrected chi connectivity index (χ3v) is 2.92. The second-order valence-corrected chi connectivity index (χ2v) is 4.43. The topological polar surface area (TPSA) is 30.3 Å². The van der Waals surface area contributed by atoms with Crippen LogP contribution in [0.25, 0.3) is 11.0 Å². The number of imidazole rings is 1. The van der Waals surface area contributed by atoms with Crippen LogP contribution < -0.4 is 0 Å². The average molecular weight is 233 g/mol. The molecule has 0 radical (unpaired) electrons. The first-order valence-corrected chi connectivity index (χ1v) is 5.78. The van der Waals surface area contributed by atoms with Gasteiger partial charge in [-0.1, -0.05) is 6.07 Å². The number of rotatable bonds is 5. The highest BCUT2D eigenvalue weighted by atomic mass is 16.5. The van der Waals surface area contributed by atoms with Gasteiger partial charge in [0.05, 0.1) is 24.1 Å². The molecule has 2 rings (SSSR count). The van der Waals surface area contributed by atoms with Crippen molar-refractivity contribution in [2.75, 3.05) is 27.4 Å². The molecule has 1 aromatic heterocycles. The molecule has 0 saturated carbocycles. The molecule has 0 spiro atoms. The number of hydrogen-bond donors (Lipinski definition) is 0. The predicted octanol–water partition coefficient (Wildman–Crippen LogP) is 1.65. The number of ether oxygens (including phenoxy) is 1. The molecule has 0 aliphatic heterocycles. The molecule has 1 aromatic carbocycles. The second kappa shape index (κ2) is 5.29. The maximum absolute atomic E-state index is 5.08. The Morgan fingerprint density at radius 3 is 3.00 bits per heavy atom. The van der Waals surface area contributed by atoms with Crippen LogP contribution in [0.3, 0.4) is 0 Å². The van der Waals surface area contributed by atoms with Crippen LogP contribution in [0.1, 0.15) is 5.56 Å². The summed E-state index contributed by atoms with van der Waals surface area (Å²) in [4.78, 5) is 6.52. The summed E-state index contributed by atoms with van der Waals surface area (Å²) in [5, 5.41) is 0. The van der Waals surface area contributed by atoms with Gasteiger partial charge in [0.25, 0.3) is 0 Å². The highest BCUT2D eigenvalue weighted by Gasteiger charge is 2.02. The Kier molecular flexibility index (Phi) is 3.76. The van der Waals surface area contributed by atoms with Gasteiger partial charge in [0.15, 0.2) is 0 Å². The fourth-order valence-electron chi connectivity index (χ4n) is 1.94. The average Bonchev–Trinajstić information content (AvgIpc) is 2.69. The fourth-order valence-corrected chi connectivity index (χ4v) is 1.94. The third kappa shape index (κ3) is 2.84. The lowest BCUT2D eigenvalue weighted by atomic mass is 10.1. The zero-order valence-corrected chi connectivity index (χ0v) is 10.7. The first-order chi connectivity index (χ1) is 8.20. The molecule has 2 aromatic rings. The maximum Gasteiger partial charge on any atom is 0.0984 e. The quantitative estimate of drug-likeness (QED) is 0.736. The van der Waals surface area contributed by atoms with Gasteiger partial charge in [0, 0.05) is 20.7 Å². The van der Waals surface area contributed by atoms with Crippen molar-refractivity contribution >= 4 is 11.0 Å². The Hall–Kier alpha value is -1.39. The molecule has 1 heterocycles. The summed E-state index contributed by atoms with van der Waals surface area (Å²) in [6.45, 7) is 1.66. The highest BCUT2D eigenvalue weighted by Crippen LogP contribution is 2.14. The molecule has 4 nitrogen and oxygen atoms in total. The van der Waals surface area contributed by atoms with E-state index in [4.69, 9.17) is 4.74 Å². The van der Waals surface area contributed by atoms with Crippen molar-refractivity contribution in [1.82, 2.24) is 14.5 Å². The lowest BCUT2D eigenvalue weighted by Crippen LogP contribution is -2.23. The lowest BCUT2D eigenvalue weighted by molar-refractivity contribution is 0.0827. The van der Waals surface area contributed by atoms with Crippen LogP contribution in [0.2, 0.25) is 0 Å². The molecule has 0 aliphatic carbocycles. The van der Waals surface area contributed by atoms with Gasteiger partial charge in [0.1, 0.15) is 0 Å². The van der Waals surface area contributed by atoms with Crippen molar-refractivity contribution in [3.05, 3.63) is 30.1 Å². The zero-order chi connectivity index (χ0) is 12.3. The predicted molar refractivity (Wildman–Crippen MR) is 68.9 cm³/mol. The number of fused-ring (bicyclic) bond motifs is 1. The summed E-state index contributed by atoms with van der Waals surface area (Å²) in [5.41, 5.74) is 3.57. The van der Waals surface area contributed by atoms with Crippen LogP contribution in [0.5, 0.6) is 0 Å².